The Bertz CT molecular complexity index is 1250. The molecule has 2 heterocycles. The molecule has 10 heteroatoms. The monoisotopic (exact) mass is 429 g/mol. The van der Waals surface area contributed by atoms with Gasteiger partial charge in [0.2, 0.25) is 5.95 Å². The van der Waals surface area contributed by atoms with E-state index in [0.717, 1.165) is 4.57 Å². The number of aromatic nitrogens is 4. The minimum absolute atomic E-state index is 0.120. The number of Topliss-reactive ketones (excluding diaryl/α,β-unsaturated/α-hetero) is 1. The Morgan fingerprint density at radius 1 is 1.03 bits per heavy atom. The summed E-state index contributed by atoms with van der Waals surface area (Å²) in [5, 5.41) is 0. The van der Waals surface area contributed by atoms with E-state index in [1.807, 2.05) is 18.7 Å². The van der Waals surface area contributed by atoms with Crippen LogP contribution in [0.2, 0.25) is 0 Å². The lowest BCUT2D eigenvalue weighted by Gasteiger charge is -2.21. The standard InChI is InChI=1S/C21H27N5O5/c1-7-25(8-2)20-22-18-17(19(28)24(4)21(29)23(18)3)26(20)12-14(27)13-9-10-15(30-5)16(11-13)31-6/h9-11H,7-8,12H2,1-6H3. The number of anilines is 1. The molecule has 31 heavy (non-hydrogen) atoms. The van der Waals surface area contributed by atoms with Gasteiger partial charge in [-0.25, -0.2) is 4.79 Å². The first-order valence-corrected chi connectivity index (χ1v) is 9.95. The Labute approximate surface area is 179 Å². The maximum Gasteiger partial charge on any atom is 0.332 e. The quantitative estimate of drug-likeness (QED) is 0.496. The van der Waals surface area contributed by atoms with Gasteiger partial charge >= 0.3 is 5.69 Å². The van der Waals surface area contributed by atoms with Crippen LogP contribution in [-0.4, -0.2) is 51.8 Å². The van der Waals surface area contributed by atoms with Crippen LogP contribution in [0.3, 0.4) is 0 Å². The molecule has 0 radical (unpaired) electrons. The van der Waals surface area contributed by atoms with Gasteiger partial charge in [0.1, 0.15) is 0 Å². The first-order chi connectivity index (χ1) is 14.8. The fourth-order valence-electron chi connectivity index (χ4n) is 3.58. The van der Waals surface area contributed by atoms with Crippen LogP contribution in [-0.2, 0) is 20.6 Å². The third-order valence-corrected chi connectivity index (χ3v) is 5.38. The maximum absolute atomic E-state index is 13.2. The van der Waals surface area contributed by atoms with E-state index in [-0.39, 0.29) is 23.5 Å². The third kappa shape index (κ3) is 3.69. The van der Waals surface area contributed by atoms with Crippen molar-refractivity contribution in [2.24, 2.45) is 14.1 Å². The van der Waals surface area contributed by atoms with Gasteiger partial charge in [-0.1, -0.05) is 0 Å². The van der Waals surface area contributed by atoms with Crippen molar-refractivity contribution in [3.05, 3.63) is 44.6 Å². The van der Waals surface area contributed by atoms with Gasteiger partial charge in [0.15, 0.2) is 28.4 Å². The van der Waals surface area contributed by atoms with Crippen molar-refractivity contribution < 1.29 is 14.3 Å². The van der Waals surface area contributed by atoms with Crippen LogP contribution >= 0.6 is 0 Å². The zero-order valence-corrected chi connectivity index (χ0v) is 18.6. The molecule has 0 atom stereocenters. The molecule has 3 aromatic rings. The SMILES string of the molecule is CCN(CC)c1nc2c(c(=O)n(C)c(=O)n2C)n1CC(=O)c1ccc(OC)c(OC)c1. The molecular formula is C21H27N5O5. The molecule has 0 N–H and O–H groups in total. The second-order valence-corrected chi connectivity index (χ2v) is 7.04. The minimum Gasteiger partial charge on any atom is -0.493 e. The number of hydrogen-bond acceptors (Lipinski definition) is 7. The summed E-state index contributed by atoms with van der Waals surface area (Å²) in [7, 11) is 5.99. The van der Waals surface area contributed by atoms with Crippen molar-refractivity contribution >= 4 is 22.9 Å². The maximum atomic E-state index is 13.2. The fourth-order valence-corrected chi connectivity index (χ4v) is 3.58. The van der Waals surface area contributed by atoms with Gasteiger partial charge in [0.25, 0.3) is 5.56 Å². The van der Waals surface area contributed by atoms with Crippen LogP contribution < -0.4 is 25.6 Å². The van der Waals surface area contributed by atoms with Gasteiger partial charge in [-0.05, 0) is 32.0 Å². The number of rotatable bonds is 8. The lowest BCUT2D eigenvalue weighted by molar-refractivity contribution is 0.0973. The molecule has 0 saturated carbocycles. The zero-order chi connectivity index (χ0) is 22.9. The average molecular weight is 429 g/mol. The minimum atomic E-state index is -0.496. The molecule has 0 amide bonds. The molecule has 3 rings (SSSR count). The Morgan fingerprint density at radius 2 is 1.68 bits per heavy atom. The van der Waals surface area contributed by atoms with E-state index in [0.29, 0.717) is 36.1 Å². The zero-order valence-electron chi connectivity index (χ0n) is 18.6. The summed E-state index contributed by atoms with van der Waals surface area (Å²) in [6.45, 7) is 5.05. The fraction of sp³-hybridized carbons (Fsp3) is 0.429. The van der Waals surface area contributed by atoms with Crippen molar-refractivity contribution in [3.8, 4) is 11.5 Å². The number of fused-ring (bicyclic) bond motifs is 1. The molecular weight excluding hydrogens is 402 g/mol. The lowest BCUT2D eigenvalue weighted by Crippen LogP contribution is -2.37. The molecule has 0 saturated heterocycles. The van der Waals surface area contributed by atoms with Gasteiger partial charge in [0, 0.05) is 32.7 Å². The van der Waals surface area contributed by atoms with E-state index in [4.69, 9.17) is 9.47 Å². The summed E-state index contributed by atoms with van der Waals surface area (Å²) in [5.41, 5.74) is -0.106. The molecule has 0 fully saturated rings. The number of ketones is 1. The number of hydrogen-bond donors (Lipinski definition) is 0. The molecule has 0 spiro atoms. The number of methoxy groups -OCH3 is 2. The van der Waals surface area contributed by atoms with E-state index in [1.54, 1.807) is 29.8 Å². The molecule has 0 aliphatic rings. The van der Waals surface area contributed by atoms with Gasteiger partial charge < -0.3 is 14.4 Å². The Kier molecular flexibility index (Phi) is 6.19. The number of imidazole rings is 1. The number of benzene rings is 1. The van der Waals surface area contributed by atoms with E-state index < -0.39 is 11.2 Å². The average Bonchev–Trinajstić information content (AvgIpc) is 3.15. The predicted octanol–water partition coefficient (Wildman–Crippen LogP) is 1.18. The second kappa shape index (κ2) is 8.66. The van der Waals surface area contributed by atoms with E-state index in [1.165, 1.54) is 25.8 Å². The topological polar surface area (TPSA) is 101 Å². The van der Waals surface area contributed by atoms with Crippen molar-refractivity contribution in [2.45, 2.75) is 20.4 Å². The lowest BCUT2D eigenvalue weighted by atomic mass is 10.1. The molecule has 166 valence electrons. The molecule has 1 aromatic carbocycles. The third-order valence-electron chi connectivity index (χ3n) is 5.38. The number of aryl methyl sites for hydroxylation is 1. The highest BCUT2D eigenvalue weighted by molar-refractivity contribution is 5.97. The van der Waals surface area contributed by atoms with E-state index >= 15 is 0 Å². The molecule has 2 aromatic heterocycles. The Balaban J connectivity index is 2.21. The predicted molar refractivity (Wildman–Crippen MR) is 118 cm³/mol. The summed E-state index contributed by atoms with van der Waals surface area (Å²) >= 11 is 0. The highest BCUT2D eigenvalue weighted by Crippen LogP contribution is 2.28. The van der Waals surface area contributed by atoms with Crippen LogP contribution in [0.15, 0.2) is 27.8 Å². The number of ether oxygens (including phenoxy) is 2. The normalized spacial score (nSPS) is 11.0. The summed E-state index contributed by atoms with van der Waals surface area (Å²) in [6.07, 6.45) is 0. The first kappa shape index (κ1) is 22.1. The Morgan fingerprint density at radius 3 is 2.26 bits per heavy atom. The van der Waals surface area contributed by atoms with E-state index in [9.17, 15) is 14.4 Å². The van der Waals surface area contributed by atoms with Crippen molar-refractivity contribution in [1.82, 2.24) is 18.7 Å². The van der Waals surface area contributed by atoms with Crippen LogP contribution in [0.5, 0.6) is 11.5 Å². The highest BCUT2D eigenvalue weighted by atomic mass is 16.5. The van der Waals surface area contributed by atoms with Gasteiger partial charge in [-0.3, -0.25) is 23.3 Å². The molecule has 10 nitrogen and oxygen atoms in total. The van der Waals surface area contributed by atoms with Crippen molar-refractivity contribution in [1.29, 1.82) is 0 Å². The molecule has 0 bridgehead atoms. The largest absolute Gasteiger partial charge is 0.493 e. The Hall–Kier alpha value is -3.56. The smallest absolute Gasteiger partial charge is 0.332 e. The van der Waals surface area contributed by atoms with Crippen molar-refractivity contribution in [2.75, 3.05) is 32.2 Å². The van der Waals surface area contributed by atoms with Crippen molar-refractivity contribution in [3.63, 3.8) is 0 Å². The number of nitrogens with zero attached hydrogens (tertiary/aromatic N) is 5. The van der Waals surface area contributed by atoms with Crippen LogP contribution in [0.25, 0.3) is 11.2 Å². The number of carbonyl (C=O) groups excluding carboxylic acids is 1. The highest BCUT2D eigenvalue weighted by Gasteiger charge is 2.24. The molecule has 0 unspecified atom stereocenters. The van der Waals surface area contributed by atoms with Gasteiger partial charge in [0.05, 0.1) is 20.8 Å². The number of carbonyl (C=O) groups is 1. The van der Waals surface area contributed by atoms with E-state index in [2.05, 4.69) is 4.98 Å². The van der Waals surface area contributed by atoms with Crippen LogP contribution in [0.1, 0.15) is 24.2 Å². The summed E-state index contributed by atoms with van der Waals surface area (Å²) in [4.78, 5) is 45.0. The first-order valence-electron chi connectivity index (χ1n) is 9.95. The summed E-state index contributed by atoms with van der Waals surface area (Å²) < 4.78 is 14.5. The van der Waals surface area contributed by atoms with Crippen LogP contribution in [0, 0.1) is 0 Å². The van der Waals surface area contributed by atoms with Gasteiger partial charge in [-0.15, -0.1) is 0 Å². The summed E-state index contributed by atoms with van der Waals surface area (Å²) in [5.74, 6) is 1.18. The van der Waals surface area contributed by atoms with Crippen LogP contribution in [0.4, 0.5) is 5.95 Å². The van der Waals surface area contributed by atoms with Gasteiger partial charge in [-0.2, -0.15) is 4.98 Å². The molecule has 0 aliphatic heterocycles. The molecule has 0 aliphatic carbocycles. The second-order valence-electron chi connectivity index (χ2n) is 7.04. The summed E-state index contributed by atoms with van der Waals surface area (Å²) in [6, 6.07) is 4.91.